The first-order chi connectivity index (χ1) is 15.1. The molecule has 0 amide bonds. The van der Waals surface area contributed by atoms with Gasteiger partial charge in [-0.25, -0.2) is 0 Å². The largest absolute Gasteiger partial charge is 0.460 e. The molecule has 6 rings (SSSR count). The summed E-state index contributed by atoms with van der Waals surface area (Å²) >= 11 is 0. The molecule has 1 aromatic rings. The third-order valence-electron chi connectivity index (χ3n) is 6.99. The maximum Gasteiger partial charge on any atom is 0.150 e. The van der Waals surface area contributed by atoms with E-state index in [4.69, 9.17) is 4.42 Å². The lowest BCUT2D eigenvalue weighted by Gasteiger charge is -2.33. The number of piperidine rings is 1. The van der Waals surface area contributed by atoms with Crippen molar-refractivity contribution in [3.05, 3.63) is 77.1 Å². The Morgan fingerprint density at radius 2 is 2.00 bits per heavy atom. The smallest absolute Gasteiger partial charge is 0.150 e. The first-order valence-electron chi connectivity index (χ1n) is 11.9. The van der Waals surface area contributed by atoms with E-state index in [1.807, 2.05) is 40.0 Å². The molecule has 1 spiro atoms. The summed E-state index contributed by atoms with van der Waals surface area (Å²) in [5, 5.41) is 6.64. The standard InChI is InChI=1S/C15H16N2O.C10H15N.C2H6.H2/c1-10-3-8-15(18-10)13-7-5-11-4-6-12(16-2)9-14(11)17-13;1-8-7-11-5-3-2-4-10(11)6-9(8)10;1-2;/h3-9,14,16-17H,1-2H3;7,9H,2-6H2,1H3;1-2H3;1H. The Hall–Kier alpha value is -2.62. The second kappa shape index (κ2) is 8.86. The molecule has 3 unspecified atom stereocenters. The quantitative estimate of drug-likeness (QED) is 0.622. The first kappa shape index (κ1) is 21.6. The molecule has 5 aliphatic rings. The summed E-state index contributed by atoms with van der Waals surface area (Å²) in [5.74, 6) is 2.78. The fraction of sp³-hybridized carbons (Fsp3) is 0.481. The van der Waals surface area contributed by atoms with E-state index in [0.717, 1.165) is 28.8 Å². The van der Waals surface area contributed by atoms with Gasteiger partial charge in [0.15, 0.2) is 0 Å². The minimum atomic E-state index is 0. The van der Waals surface area contributed by atoms with Crippen molar-refractivity contribution in [2.45, 2.75) is 65.0 Å². The van der Waals surface area contributed by atoms with Crippen molar-refractivity contribution in [2.24, 2.45) is 5.92 Å². The van der Waals surface area contributed by atoms with E-state index in [1.54, 1.807) is 5.57 Å². The Balaban J connectivity index is 0.000000177. The van der Waals surface area contributed by atoms with Crippen LogP contribution >= 0.6 is 0 Å². The monoisotopic (exact) mass is 421 g/mol. The number of nitrogens with zero attached hydrogens (tertiary/aromatic N) is 1. The van der Waals surface area contributed by atoms with Crippen molar-refractivity contribution in [3.8, 4) is 0 Å². The highest BCUT2D eigenvalue weighted by atomic mass is 16.3. The third kappa shape index (κ3) is 4.13. The predicted octanol–water partition coefficient (Wildman–Crippen LogP) is 5.92. The number of rotatable bonds is 2. The number of likely N-dealkylation sites (N-methyl/N-ethyl adjacent to an activating group) is 1. The van der Waals surface area contributed by atoms with Gasteiger partial charge in [-0.3, -0.25) is 0 Å². The van der Waals surface area contributed by atoms with Crippen LogP contribution in [0.4, 0.5) is 0 Å². The normalized spacial score (nSPS) is 29.1. The van der Waals surface area contributed by atoms with Crippen LogP contribution in [0.25, 0.3) is 5.70 Å². The second-order valence-electron chi connectivity index (χ2n) is 8.87. The fourth-order valence-corrected chi connectivity index (χ4v) is 5.28. The van der Waals surface area contributed by atoms with Gasteiger partial charge in [0.05, 0.1) is 11.7 Å². The molecule has 1 saturated carbocycles. The molecule has 3 atom stereocenters. The topological polar surface area (TPSA) is 40.4 Å². The van der Waals surface area contributed by atoms with Gasteiger partial charge in [0.1, 0.15) is 11.5 Å². The van der Waals surface area contributed by atoms with E-state index < -0.39 is 0 Å². The van der Waals surface area contributed by atoms with Crippen LogP contribution in [0.5, 0.6) is 0 Å². The van der Waals surface area contributed by atoms with Gasteiger partial charge in [0.2, 0.25) is 0 Å². The molecule has 1 aromatic heterocycles. The van der Waals surface area contributed by atoms with E-state index in [0.29, 0.717) is 5.54 Å². The first-order valence-corrected chi connectivity index (χ1v) is 11.9. The number of dihydropyridines is 1. The van der Waals surface area contributed by atoms with Crippen molar-refractivity contribution < 1.29 is 5.84 Å². The molecule has 0 bridgehead atoms. The lowest BCUT2D eigenvalue weighted by Crippen LogP contribution is -2.36. The number of fused-ring (bicyclic) bond motifs is 1. The van der Waals surface area contributed by atoms with E-state index in [-0.39, 0.29) is 7.47 Å². The highest BCUT2D eigenvalue weighted by Gasteiger charge is 2.61. The minimum absolute atomic E-state index is 0. The van der Waals surface area contributed by atoms with Crippen molar-refractivity contribution in [1.82, 2.24) is 15.5 Å². The summed E-state index contributed by atoms with van der Waals surface area (Å²) in [4.78, 5) is 2.62. The van der Waals surface area contributed by atoms with Crippen molar-refractivity contribution in [2.75, 3.05) is 13.6 Å². The van der Waals surface area contributed by atoms with Crippen LogP contribution in [0.1, 0.15) is 59.4 Å². The Kier molecular flexibility index (Phi) is 6.17. The summed E-state index contributed by atoms with van der Waals surface area (Å²) < 4.78 is 5.64. The number of furan rings is 1. The number of allylic oxidation sites excluding steroid dienone is 3. The molecule has 31 heavy (non-hydrogen) atoms. The summed E-state index contributed by atoms with van der Waals surface area (Å²) in [6, 6.07) is 4.18. The fourth-order valence-electron chi connectivity index (χ4n) is 5.28. The molecule has 3 aliphatic heterocycles. The van der Waals surface area contributed by atoms with Crippen LogP contribution in [0.15, 0.2) is 70.0 Å². The summed E-state index contributed by atoms with van der Waals surface area (Å²) in [7, 11) is 1.93. The molecule has 4 heterocycles. The molecule has 168 valence electrons. The van der Waals surface area contributed by atoms with Gasteiger partial charge in [0.25, 0.3) is 0 Å². The van der Waals surface area contributed by atoms with E-state index in [2.05, 4.69) is 59.0 Å². The zero-order valence-corrected chi connectivity index (χ0v) is 19.7. The molecule has 0 radical (unpaired) electrons. The van der Waals surface area contributed by atoms with Gasteiger partial charge in [-0.05, 0) is 81.7 Å². The van der Waals surface area contributed by atoms with Crippen molar-refractivity contribution in [3.63, 3.8) is 0 Å². The van der Waals surface area contributed by atoms with E-state index in [9.17, 15) is 0 Å². The summed E-state index contributed by atoms with van der Waals surface area (Å²) in [5.41, 5.74) is 5.73. The zero-order valence-electron chi connectivity index (χ0n) is 19.7. The number of hydrogen-bond acceptors (Lipinski definition) is 4. The van der Waals surface area contributed by atoms with Gasteiger partial charge < -0.3 is 20.0 Å². The van der Waals surface area contributed by atoms with Gasteiger partial charge in [-0.1, -0.05) is 31.6 Å². The van der Waals surface area contributed by atoms with Crippen LogP contribution in [0.2, 0.25) is 0 Å². The van der Waals surface area contributed by atoms with Crippen LogP contribution in [-0.2, 0) is 0 Å². The van der Waals surface area contributed by atoms with Gasteiger partial charge >= 0.3 is 0 Å². The molecule has 2 fully saturated rings. The van der Waals surface area contributed by atoms with Crippen LogP contribution in [-0.4, -0.2) is 30.1 Å². The molecule has 4 nitrogen and oxygen atoms in total. The highest BCUT2D eigenvalue weighted by Crippen LogP contribution is 2.61. The highest BCUT2D eigenvalue weighted by molar-refractivity contribution is 5.66. The van der Waals surface area contributed by atoms with Gasteiger partial charge in [0, 0.05) is 32.2 Å². The van der Waals surface area contributed by atoms with Gasteiger partial charge in [-0.2, -0.15) is 0 Å². The number of nitrogens with one attached hydrogen (secondary N) is 2. The summed E-state index contributed by atoms with van der Waals surface area (Å²) in [6.45, 7) is 9.59. The Morgan fingerprint density at radius 3 is 2.68 bits per heavy atom. The summed E-state index contributed by atoms with van der Waals surface area (Å²) in [6.07, 6.45) is 18.8. The lowest BCUT2D eigenvalue weighted by molar-refractivity contribution is 0.197. The molecule has 0 aromatic carbocycles. The minimum Gasteiger partial charge on any atom is -0.460 e. The molecule has 2 N–H and O–H groups in total. The van der Waals surface area contributed by atoms with E-state index >= 15 is 0 Å². The third-order valence-corrected chi connectivity index (χ3v) is 6.99. The maximum atomic E-state index is 5.64. The average Bonchev–Trinajstić information content (AvgIpc) is 3.23. The molecule has 2 aliphatic carbocycles. The van der Waals surface area contributed by atoms with Crippen LogP contribution < -0.4 is 10.6 Å². The van der Waals surface area contributed by atoms with Crippen molar-refractivity contribution >= 4 is 5.70 Å². The zero-order chi connectivity index (χ0) is 22.0. The lowest BCUT2D eigenvalue weighted by atomic mass is 9.96. The molecule has 1 saturated heterocycles. The Morgan fingerprint density at radius 1 is 1.16 bits per heavy atom. The Labute approximate surface area is 188 Å². The average molecular weight is 422 g/mol. The predicted molar refractivity (Wildman–Crippen MR) is 131 cm³/mol. The number of hydrogen-bond donors (Lipinski definition) is 2. The maximum absolute atomic E-state index is 5.64. The Bertz CT molecular complexity index is 967. The number of aryl methyl sites for hydroxylation is 1. The van der Waals surface area contributed by atoms with Crippen molar-refractivity contribution in [1.29, 1.82) is 0 Å². The molecular weight excluding hydrogens is 382 g/mol. The van der Waals surface area contributed by atoms with Crippen LogP contribution in [0, 0.1) is 12.8 Å². The second-order valence-corrected chi connectivity index (χ2v) is 8.87. The molecular formula is C27H39N3O. The SMILES string of the molecule is CC.CC1=CN2CCCCC23CC13.CNC1=CC2NC(c3ccc(C)o3)=CC=C2C=C1.[HH]. The van der Waals surface area contributed by atoms with Crippen LogP contribution in [0.3, 0.4) is 0 Å². The van der Waals surface area contributed by atoms with Gasteiger partial charge in [-0.15, -0.1) is 0 Å². The molecule has 4 heteroatoms. The van der Waals surface area contributed by atoms with E-state index in [1.165, 1.54) is 37.8 Å².